The SMILES string of the molecule is CC(C)(C)c1cc2cc(C(C)(C)C)cc3c4ccc5c6cc7c(C(C)(C)C)c8c9ccc%10c%11cc(C(C)(C)C)cc%12cc(C(C)(C)C)cc(c%13ccc(c8c(C(C)(C)C)c7cc6c6ccc(c(c1)c23)c4c65)c9c%13%10)c%12%11. The Kier molecular flexibility index (Phi) is 8.62. The van der Waals surface area contributed by atoms with Gasteiger partial charge in [-0.05, 0) is 242 Å². The minimum absolute atomic E-state index is 0.00997. The maximum atomic E-state index is 2.65. The molecule has 14 aromatic carbocycles. The van der Waals surface area contributed by atoms with E-state index in [4.69, 9.17) is 0 Å². The maximum Gasteiger partial charge on any atom is -0.00137 e. The van der Waals surface area contributed by atoms with Crippen LogP contribution in [0.2, 0.25) is 0 Å². The van der Waals surface area contributed by atoms with E-state index in [9.17, 15) is 0 Å². The summed E-state index contributed by atoms with van der Waals surface area (Å²) in [6.45, 7) is 43.1. The molecule has 0 heteroatoms. The van der Waals surface area contributed by atoms with Crippen LogP contribution in [0.25, 0.3) is 140 Å². The van der Waals surface area contributed by atoms with Gasteiger partial charge in [-0.2, -0.15) is 0 Å². The molecule has 14 rings (SSSR count). The van der Waals surface area contributed by atoms with E-state index in [-0.39, 0.29) is 32.5 Å². The third-order valence-electron chi connectivity index (χ3n) is 18.1. The van der Waals surface area contributed by atoms with Gasteiger partial charge in [0.1, 0.15) is 0 Å². The first-order valence-corrected chi connectivity index (χ1v) is 27.7. The molecule has 0 spiro atoms. The van der Waals surface area contributed by atoms with E-state index in [0.717, 1.165) is 0 Å². The van der Waals surface area contributed by atoms with Gasteiger partial charge in [0.2, 0.25) is 0 Å². The molecule has 74 heavy (non-hydrogen) atoms. The Morgan fingerprint density at radius 1 is 0.176 bits per heavy atom. The normalized spacial score (nSPS) is 14.4. The number of hydrogen-bond donors (Lipinski definition) is 0. The fraction of sp³-hybridized carbons (Fsp3) is 0.324. The van der Waals surface area contributed by atoms with Crippen LogP contribution in [-0.4, -0.2) is 0 Å². The van der Waals surface area contributed by atoms with Gasteiger partial charge >= 0.3 is 0 Å². The van der Waals surface area contributed by atoms with E-state index in [1.807, 2.05) is 0 Å². The Balaban J connectivity index is 1.16. The maximum absolute atomic E-state index is 2.65. The van der Waals surface area contributed by atoms with Gasteiger partial charge in [0, 0.05) is 0 Å². The van der Waals surface area contributed by atoms with Crippen molar-refractivity contribution in [2.24, 2.45) is 0 Å². The summed E-state index contributed by atoms with van der Waals surface area (Å²) < 4.78 is 0. The summed E-state index contributed by atoms with van der Waals surface area (Å²) in [5, 5.41) is 36.1. The highest BCUT2D eigenvalue weighted by Crippen LogP contribution is 2.56. The van der Waals surface area contributed by atoms with Gasteiger partial charge in [-0.15, -0.1) is 0 Å². The summed E-state index contributed by atoms with van der Waals surface area (Å²) in [6, 6.07) is 45.3. The lowest BCUT2D eigenvalue weighted by molar-refractivity contribution is 0.589. The fourth-order valence-electron chi connectivity index (χ4n) is 14.4. The zero-order chi connectivity index (χ0) is 52.2. The number of benzene rings is 12. The van der Waals surface area contributed by atoms with Gasteiger partial charge in [-0.25, -0.2) is 0 Å². The lowest BCUT2D eigenvalue weighted by atomic mass is 9.74. The average Bonchev–Trinajstić information content (AvgIpc) is 3.80. The summed E-state index contributed by atoms with van der Waals surface area (Å²) in [5.41, 5.74) is 8.24. The third-order valence-corrected chi connectivity index (χ3v) is 18.1. The molecule has 0 fully saturated rings. The molecule has 0 saturated carbocycles. The summed E-state index contributed by atoms with van der Waals surface area (Å²) in [6.07, 6.45) is 0. The van der Waals surface area contributed by atoms with Crippen molar-refractivity contribution in [3.63, 3.8) is 0 Å². The first-order valence-electron chi connectivity index (χ1n) is 27.7. The Labute approximate surface area is 437 Å². The van der Waals surface area contributed by atoms with Crippen LogP contribution in [0.5, 0.6) is 0 Å². The van der Waals surface area contributed by atoms with Crippen LogP contribution in [0.4, 0.5) is 0 Å². The van der Waals surface area contributed by atoms with Crippen LogP contribution in [0.15, 0.2) is 109 Å². The van der Waals surface area contributed by atoms with Crippen molar-refractivity contribution in [3.05, 3.63) is 143 Å². The second kappa shape index (κ2) is 13.9. The van der Waals surface area contributed by atoms with Gasteiger partial charge < -0.3 is 0 Å². The Hall–Kier alpha value is -6.50. The zero-order valence-electron chi connectivity index (χ0n) is 47.4. The molecule has 0 aliphatic heterocycles. The molecule has 0 unspecified atom stereocenters. The fourth-order valence-corrected chi connectivity index (χ4v) is 14.4. The van der Waals surface area contributed by atoms with Crippen LogP contribution in [0.3, 0.4) is 0 Å². The van der Waals surface area contributed by atoms with Crippen molar-refractivity contribution < 1.29 is 0 Å². The standard InChI is InChI=1S/C74H72/c1-69(2,3)39-27-37-28-40(70(4,5)6)32-54-46-22-20-44-52-36-58-57(35-51(52)43-19-21-45(62(46)61(43)44)53(31-39)59(37)54)67(73(13,14)15)65-49-25-23-47-55-33-41(71(7,8)9)29-38-30-42(72(10,11)12)34-56(60(38)55)48-24-26-50(64(49)63(47)48)66(65)68(58)74(16,17)18/h19-36H,1-18H3. The lowest BCUT2D eigenvalue weighted by Gasteiger charge is -2.30. The Morgan fingerprint density at radius 3 is 0.649 bits per heavy atom. The Morgan fingerprint density at radius 2 is 0.405 bits per heavy atom. The molecule has 0 aliphatic carbocycles. The lowest BCUT2D eigenvalue weighted by Crippen LogP contribution is -2.17. The molecule has 0 radical (unpaired) electrons. The molecular formula is C74H72. The molecule has 0 nitrogen and oxygen atoms in total. The minimum atomic E-state index is -0.155. The molecule has 368 valence electrons. The molecule has 0 saturated heterocycles. The minimum Gasteiger partial charge on any atom is -0.0561 e. The van der Waals surface area contributed by atoms with Gasteiger partial charge in [-0.3, -0.25) is 0 Å². The molecule has 0 bridgehead atoms. The largest absolute Gasteiger partial charge is 0.0561 e. The zero-order valence-corrected chi connectivity index (χ0v) is 47.4. The van der Waals surface area contributed by atoms with E-state index in [1.54, 1.807) is 0 Å². The van der Waals surface area contributed by atoms with Gasteiger partial charge in [0.25, 0.3) is 0 Å². The predicted molar refractivity (Wildman–Crippen MR) is 331 cm³/mol. The number of fused-ring (bicyclic) bond motifs is 11. The summed E-state index contributed by atoms with van der Waals surface area (Å²) in [5.74, 6) is 0. The third kappa shape index (κ3) is 5.98. The van der Waals surface area contributed by atoms with Crippen molar-refractivity contribution in [1.82, 2.24) is 0 Å². The smallest absolute Gasteiger partial charge is 0.00137 e. The topological polar surface area (TPSA) is 0 Å². The molecule has 0 atom stereocenters. The monoisotopic (exact) mass is 961 g/mol. The van der Waals surface area contributed by atoms with Gasteiger partial charge in [0.15, 0.2) is 0 Å². The highest BCUT2D eigenvalue weighted by atomic mass is 14.4. The van der Waals surface area contributed by atoms with E-state index < -0.39 is 0 Å². The van der Waals surface area contributed by atoms with Gasteiger partial charge in [-0.1, -0.05) is 197 Å². The molecular weight excluding hydrogens is 889 g/mol. The summed E-state index contributed by atoms with van der Waals surface area (Å²) >= 11 is 0. The van der Waals surface area contributed by atoms with Crippen LogP contribution in [0.1, 0.15) is 158 Å². The first kappa shape index (κ1) is 46.1. The van der Waals surface area contributed by atoms with Crippen molar-refractivity contribution in [2.45, 2.75) is 157 Å². The van der Waals surface area contributed by atoms with E-state index >= 15 is 0 Å². The van der Waals surface area contributed by atoms with E-state index in [1.165, 1.54) is 173 Å². The van der Waals surface area contributed by atoms with Crippen molar-refractivity contribution >= 4 is 140 Å². The predicted octanol–water partition coefficient (Wildman–Crippen LogP) is 22.2. The highest BCUT2D eigenvalue weighted by molar-refractivity contribution is 6.46. The van der Waals surface area contributed by atoms with Gasteiger partial charge in [0.05, 0.1) is 0 Å². The molecule has 0 aliphatic rings. The molecule has 14 aromatic rings. The molecule has 0 N–H and O–H groups in total. The number of rotatable bonds is 0. The van der Waals surface area contributed by atoms with Crippen LogP contribution >= 0.6 is 0 Å². The van der Waals surface area contributed by atoms with Crippen molar-refractivity contribution in [2.75, 3.05) is 0 Å². The summed E-state index contributed by atoms with van der Waals surface area (Å²) in [4.78, 5) is 0. The molecule has 0 heterocycles. The van der Waals surface area contributed by atoms with Crippen molar-refractivity contribution in [3.8, 4) is 0 Å². The molecule has 0 amide bonds. The second-order valence-electron chi connectivity index (χ2n) is 29.4. The van der Waals surface area contributed by atoms with Crippen LogP contribution < -0.4 is 0 Å². The molecule has 0 aromatic heterocycles. The quantitative estimate of drug-likeness (QED) is 0.105. The van der Waals surface area contributed by atoms with Crippen molar-refractivity contribution in [1.29, 1.82) is 0 Å². The Bertz CT molecular complexity index is 4490. The highest BCUT2D eigenvalue weighted by Gasteiger charge is 2.34. The second-order valence-corrected chi connectivity index (χ2v) is 29.4. The van der Waals surface area contributed by atoms with E-state index in [2.05, 4.69) is 234 Å². The first-order chi connectivity index (χ1) is 34.5. The summed E-state index contributed by atoms with van der Waals surface area (Å²) in [7, 11) is 0. The van der Waals surface area contributed by atoms with E-state index in [0.29, 0.717) is 0 Å². The number of hydrogen-bond acceptors (Lipinski definition) is 0. The van der Waals surface area contributed by atoms with Crippen LogP contribution in [0, 0.1) is 0 Å². The van der Waals surface area contributed by atoms with Crippen LogP contribution in [-0.2, 0) is 32.5 Å². The average molecular weight is 961 g/mol.